The van der Waals surface area contributed by atoms with Gasteiger partial charge in [0.25, 0.3) is 5.91 Å². The first-order chi connectivity index (χ1) is 15.4. The maximum atomic E-state index is 12.5. The molecule has 0 fully saturated rings. The number of methoxy groups -OCH3 is 2. The van der Waals surface area contributed by atoms with Gasteiger partial charge in [0.2, 0.25) is 5.88 Å². The number of aromatic nitrogens is 3. The van der Waals surface area contributed by atoms with Gasteiger partial charge in [0.1, 0.15) is 12.4 Å². The molecule has 2 aliphatic heterocycles. The fourth-order valence-corrected chi connectivity index (χ4v) is 2.81. The third-order valence-corrected chi connectivity index (χ3v) is 4.57. The lowest BCUT2D eigenvalue weighted by atomic mass is 10.1. The van der Waals surface area contributed by atoms with Gasteiger partial charge in [-0.25, -0.2) is 19.3 Å². The van der Waals surface area contributed by atoms with Crippen LogP contribution in [0, 0.1) is 12.0 Å². The third-order valence-electron chi connectivity index (χ3n) is 4.57. The zero-order valence-electron chi connectivity index (χ0n) is 17.4. The van der Waals surface area contributed by atoms with E-state index in [1.807, 2.05) is 0 Å². The van der Waals surface area contributed by atoms with Gasteiger partial charge in [-0.05, 0) is 42.7 Å². The lowest BCUT2D eigenvalue weighted by molar-refractivity contribution is -0.144. The second kappa shape index (κ2) is 10.1. The smallest absolute Gasteiger partial charge is 0.328 e. The second-order valence-corrected chi connectivity index (χ2v) is 6.60. The SMILES string of the molecule is COC(=O)CC[C@H](NC(=O)c1ccc(C#Cn2cnc3nccc-3c2O)cc1)C(=O)OC. The Balaban J connectivity index is 1.69. The molecule has 0 spiro atoms. The van der Waals surface area contributed by atoms with Crippen molar-refractivity contribution in [3.05, 3.63) is 54.0 Å². The molecule has 0 aromatic heterocycles. The molecule has 2 aliphatic rings. The molecule has 32 heavy (non-hydrogen) atoms. The highest BCUT2D eigenvalue weighted by molar-refractivity contribution is 5.97. The van der Waals surface area contributed by atoms with E-state index in [4.69, 9.17) is 0 Å². The minimum atomic E-state index is -0.987. The molecular formula is C22H20N4O6. The van der Waals surface area contributed by atoms with E-state index in [0.29, 0.717) is 22.5 Å². The van der Waals surface area contributed by atoms with Gasteiger partial charge in [0, 0.05) is 29.8 Å². The molecule has 2 N–H and O–H groups in total. The normalized spacial score (nSPS) is 11.2. The van der Waals surface area contributed by atoms with Crippen molar-refractivity contribution in [1.29, 1.82) is 0 Å². The Labute approximate surface area is 183 Å². The molecule has 0 bridgehead atoms. The number of hydrogen-bond acceptors (Lipinski definition) is 8. The molecule has 0 saturated heterocycles. The molecule has 1 atom stereocenters. The Morgan fingerprint density at radius 2 is 1.88 bits per heavy atom. The third kappa shape index (κ3) is 5.20. The van der Waals surface area contributed by atoms with E-state index in [0.717, 1.165) is 0 Å². The van der Waals surface area contributed by atoms with Crippen LogP contribution in [0.15, 0.2) is 42.9 Å². The number of ether oxygens (including phenoxy) is 2. The number of nitrogens with one attached hydrogen (secondary N) is 1. The summed E-state index contributed by atoms with van der Waals surface area (Å²) in [4.78, 5) is 43.8. The van der Waals surface area contributed by atoms with Crippen LogP contribution in [0.25, 0.3) is 11.4 Å². The number of rotatable bonds is 6. The van der Waals surface area contributed by atoms with Crippen molar-refractivity contribution >= 4 is 17.8 Å². The van der Waals surface area contributed by atoms with Crippen molar-refractivity contribution in [2.24, 2.45) is 0 Å². The van der Waals surface area contributed by atoms with Crippen molar-refractivity contribution < 1.29 is 29.0 Å². The van der Waals surface area contributed by atoms with Crippen LogP contribution >= 0.6 is 0 Å². The Morgan fingerprint density at radius 3 is 2.56 bits per heavy atom. The first-order valence-electron chi connectivity index (χ1n) is 9.51. The summed E-state index contributed by atoms with van der Waals surface area (Å²) in [5.41, 5.74) is 1.37. The van der Waals surface area contributed by atoms with Crippen LogP contribution < -0.4 is 5.32 Å². The van der Waals surface area contributed by atoms with Crippen molar-refractivity contribution in [3.63, 3.8) is 0 Å². The number of amides is 1. The highest BCUT2D eigenvalue weighted by Gasteiger charge is 2.23. The topological polar surface area (TPSA) is 133 Å². The van der Waals surface area contributed by atoms with Crippen molar-refractivity contribution in [3.8, 4) is 29.2 Å². The molecule has 10 heteroatoms. The number of esters is 2. The molecular weight excluding hydrogens is 416 g/mol. The molecule has 1 aromatic rings. The van der Waals surface area contributed by atoms with E-state index in [1.165, 1.54) is 25.1 Å². The van der Waals surface area contributed by atoms with E-state index in [1.54, 1.807) is 36.5 Å². The summed E-state index contributed by atoms with van der Waals surface area (Å²) >= 11 is 0. The van der Waals surface area contributed by atoms with Gasteiger partial charge in [-0.2, -0.15) is 0 Å². The van der Waals surface area contributed by atoms with Gasteiger partial charge in [-0.1, -0.05) is 0 Å². The van der Waals surface area contributed by atoms with Gasteiger partial charge in [0.15, 0.2) is 5.82 Å². The monoisotopic (exact) mass is 436 g/mol. The molecule has 0 radical (unpaired) electrons. The maximum Gasteiger partial charge on any atom is 0.328 e. The van der Waals surface area contributed by atoms with Crippen molar-refractivity contribution in [1.82, 2.24) is 19.9 Å². The van der Waals surface area contributed by atoms with E-state index in [-0.39, 0.29) is 18.7 Å². The molecule has 3 rings (SSSR count). The van der Waals surface area contributed by atoms with Gasteiger partial charge in [-0.3, -0.25) is 9.59 Å². The van der Waals surface area contributed by atoms with Crippen molar-refractivity contribution in [2.45, 2.75) is 18.9 Å². The predicted molar refractivity (Wildman–Crippen MR) is 112 cm³/mol. The number of benzene rings is 1. The largest absolute Gasteiger partial charge is 0.493 e. The second-order valence-electron chi connectivity index (χ2n) is 6.60. The lowest BCUT2D eigenvalue weighted by Gasteiger charge is -2.16. The highest BCUT2D eigenvalue weighted by Crippen LogP contribution is 2.26. The van der Waals surface area contributed by atoms with Gasteiger partial charge in [0.05, 0.1) is 19.8 Å². The maximum absolute atomic E-state index is 12.5. The number of carbonyl (C=O) groups excluding carboxylic acids is 3. The number of fused-ring (bicyclic) bond motifs is 1. The van der Waals surface area contributed by atoms with Crippen LogP contribution in [0.1, 0.15) is 28.8 Å². The Bertz CT molecular complexity index is 1160. The summed E-state index contributed by atoms with van der Waals surface area (Å²) < 4.78 is 10.5. The van der Waals surface area contributed by atoms with Gasteiger partial charge in [-0.15, -0.1) is 0 Å². The average molecular weight is 436 g/mol. The minimum absolute atomic E-state index is 0.0446. The molecule has 10 nitrogen and oxygen atoms in total. The van der Waals surface area contributed by atoms with Crippen molar-refractivity contribution in [2.75, 3.05) is 14.2 Å². The molecule has 2 heterocycles. The quantitative estimate of drug-likeness (QED) is 0.435. The van der Waals surface area contributed by atoms with E-state index >= 15 is 0 Å². The standard InChI is InChI=1S/C22H20N4O6/c1-31-18(27)8-7-17(22(30)32-2)25-20(28)15-5-3-14(4-6-15)10-12-26-13-24-19-16(21(26)29)9-11-23-19/h3-6,9,11,13,17,29H,7-8H2,1-2H3,(H,25,28)/t17-/m0/s1. The van der Waals surface area contributed by atoms with Crippen LogP contribution in [-0.2, 0) is 19.1 Å². The van der Waals surface area contributed by atoms with Crippen LogP contribution in [0.2, 0.25) is 0 Å². The number of carbonyl (C=O) groups is 3. The first-order valence-corrected chi connectivity index (χ1v) is 9.51. The van der Waals surface area contributed by atoms with Crippen LogP contribution in [0.3, 0.4) is 0 Å². The molecule has 164 valence electrons. The fraction of sp³-hybridized carbons (Fsp3) is 0.227. The average Bonchev–Trinajstić information content (AvgIpc) is 3.30. The molecule has 1 amide bonds. The number of nitrogens with zero attached hydrogens (tertiary/aromatic N) is 3. The van der Waals surface area contributed by atoms with Crippen LogP contribution in [0.4, 0.5) is 0 Å². The Hall–Kier alpha value is -4.39. The first kappa shape index (κ1) is 22.3. The van der Waals surface area contributed by atoms with Gasteiger partial charge >= 0.3 is 11.9 Å². The van der Waals surface area contributed by atoms with E-state index in [9.17, 15) is 19.5 Å². The summed E-state index contributed by atoms with van der Waals surface area (Å²) in [5.74, 6) is 1.56. The Kier molecular flexibility index (Phi) is 7.02. The highest BCUT2D eigenvalue weighted by atomic mass is 16.5. The lowest BCUT2D eigenvalue weighted by Crippen LogP contribution is -2.41. The summed E-state index contributed by atoms with van der Waals surface area (Å²) in [6.07, 6.45) is 2.91. The van der Waals surface area contributed by atoms with Crippen LogP contribution in [0.5, 0.6) is 5.88 Å². The Morgan fingerprint density at radius 1 is 1.12 bits per heavy atom. The molecule has 0 aliphatic carbocycles. The predicted octanol–water partition coefficient (Wildman–Crippen LogP) is 1.17. The summed E-state index contributed by atoms with van der Waals surface area (Å²) in [7, 11) is 2.44. The molecule has 1 aromatic carbocycles. The van der Waals surface area contributed by atoms with Crippen LogP contribution in [-0.4, -0.2) is 57.7 Å². The zero-order chi connectivity index (χ0) is 23.1. The van der Waals surface area contributed by atoms with E-state index < -0.39 is 23.9 Å². The molecule has 0 unspecified atom stereocenters. The number of aromatic hydroxyl groups is 1. The fourth-order valence-electron chi connectivity index (χ4n) is 2.81. The summed E-state index contributed by atoms with van der Waals surface area (Å²) in [5, 5.41) is 12.8. The summed E-state index contributed by atoms with van der Waals surface area (Å²) in [6, 6.07) is 9.75. The number of hydrogen-bond donors (Lipinski definition) is 2. The molecule has 0 saturated carbocycles. The van der Waals surface area contributed by atoms with E-state index in [2.05, 4.69) is 36.7 Å². The minimum Gasteiger partial charge on any atom is -0.493 e. The van der Waals surface area contributed by atoms with Gasteiger partial charge < -0.3 is 19.9 Å². The zero-order valence-corrected chi connectivity index (χ0v) is 17.4. The summed E-state index contributed by atoms with van der Waals surface area (Å²) in [6.45, 7) is 0.